The van der Waals surface area contributed by atoms with Gasteiger partial charge < -0.3 is 10.4 Å². The minimum atomic E-state index is -1.19. The number of carbonyl (C=O) groups is 2. The summed E-state index contributed by atoms with van der Waals surface area (Å²) in [6, 6.07) is 14.3. The minimum absolute atomic E-state index is 0.264. The summed E-state index contributed by atoms with van der Waals surface area (Å²) in [4.78, 5) is 25.5. The zero-order chi connectivity index (χ0) is 16.4. The molecule has 0 aliphatic carbocycles. The van der Waals surface area contributed by atoms with Crippen LogP contribution in [-0.2, 0) is 11.2 Å². The molecule has 0 bridgehead atoms. The highest BCUT2D eigenvalue weighted by atomic mass is 79.9. The van der Waals surface area contributed by atoms with Crippen LogP contribution in [0.5, 0.6) is 0 Å². The molecule has 2 aromatic rings. The SMILES string of the molecule is O=C(O)NC1CCc2ccccc2N(c2ccc(Br)cc2)C1=O. The van der Waals surface area contributed by atoms with Gasteiger partial charge in [0.1, 0.15) is 6.04 Å². The van der Waals surface area contributed by atoms with E-state index >= 15 is 0 Å². The second-order valence-electron chi connectivity index (χ2n) is 5.32. The molecule has 3 rings (SSSR count). The average molecular weight is 375 g/mol. The maximum atomic E-state index is 12.9. The first-order valence-electron chi connectivity index (χ1n) is 7.23. The third kappa shape index (κ3) is 3.22. The highest BCUT2D eigenvalue weighted by molar-refractivity contribution is 9.10. The van der Waals surface area contributed by atoms with Crippen LogP contribution < -0.4 is 10.2 Å². The first-order chi connectivity index (χ1) is 11.1. The predicted molar refractivity (Wildman–Crippen MR) is 91.0 cm³/mol. The summed E-state index contributed by atoms with van der Waals surface area (Å²) >= 11 is 3.38. The van der Waals surface area contributed by atoms with Crippen LogP contribution in [0.1, 0.15) is 12.0 Å². The van der Waals surface area contributed by atoms with E-state index in [-0.39, 0.29) is 5.91 Å². The molecule has 1 aliphatic heterocycles. The van der Waals surface area contributed by atoms with E-state index in [0.29, 0.717) is 18.5 Å². The normalized spacial score (nSPS) is 17.3. The van der Waals surface area contributed by atoms with Crippen LogP contribution in [0.4, 0.5) is 16.2 Å². The van der Waals surface area contributed by atoms with E-state index in [2.05, 4.69) is 21.2 Å². The Morgan fingerprint density at radius 1 is 1.17 bits per heavy atom. The molecule has 0 fully saturated rings. The monoisotopic (exact) mass is 374 g/mol. The van der Waals surface area contributed by atoms with E-state index in [1.54, 1.807) is 4.90 Å². The Labute approximate surface area is 142 Å². The Kier molecular flexibility index (Phi) is 4.34. The van der Waals surface area contributed by atoms with Gasteiger partial charge in [-0.15, -0.1) is 0 Å². The van der Waals surface area contributed by atoms with Gasteiger partial charge in [-0.25, -0.2) is 4.79 Å². The van der Waals surface area contributed by atoms with Gasteiger partial charge in [0, 0.05) is 10.2 Å². The fourth-order valence-corrected chi connectivity index (χ4v) is 3.04. The lowest BCUT2D eigenvalue weighted by Gasteiger charge is -2.26. The number of carboxylic acid groups (broad SMARTS) is 1. The van der Waals surface area contributed by atoms with Crippen molar-refractivity contribution in [1.82, 2.24) is 5.32 Å². The van der Waals surface area contributed by atoms with E-state index < -0.39 is 12.1 Å². The average Bonchev–Trinajstić information content (AvgIpc) is 2.66. The number of carbonyl (C=O) groups excluding carboxylic acids is 1. The molecule has 6 heteroatoms. The maximum absolute atomic E-state index is 12.9. The number of nitrogens with one attached hydrogen (secondary N) is 1. The molecular weight excluding hydrogens is 360 g/mol. The van der Waals surface area contributed by atoms with Gasteiger partial charge in [0.25, 0.3) is 5.91 Å². The number of halogens is 1. The topological polar surface area (TPSA) is 69.6 Å². The lowest BCUT2D eigenvalue weighted by atomic mass is 10.1. The van der Waals surface area contributed by atoms with E-state index in [9.17, 15) is 9.59 Å². The van der Waals surface area contributed by atoms with Gasteiger partial charge in [-0.05, 0) is 48.7 Å². The fraction of sp³-hybridized carbons (Fsp3) is 0.176. The van der Waals surface area contributed by atoms with Gasteiger partial charge in [0.15, 0.2) is 0 Å². The van der Waals surface area contributed by atoms with Crippen LogP contribution in [0.2, 0.25) is 0 Å². The molecule has 0 saturated carbocycles. The number of anilines is 2. The van der Waals surface area contributed by atoms with Gasteiger partial charge in [0.2, 0.25) is 0 Å². The predicted octanol–water partition coefficient (Wildman–Crippen LogP) is 3.70. The van der Waals surface area contributed by atoms with Crippen molar-refractivity contribution in [2.24, 2.45) is 0 Å². The number of fused-ring (bicyclic) bond motifs is 1. The summed E-state index contributed by atoms with van der Waals surface area (Å²) in [6.45, 7) is 0. The maximum Gasteiger partial charge on any atom is 0.405 e. The third-order valence-electron chi connectivity index (χ3n) is 3.84. The van der Waals surface area contributed by atoms with Crippen molar-refractivity contribution >= 4 is 39.3 Å². The second-order valence-corrected chi connectivity index (χ2v) is 6.24. The molecular formula is C17H15BrN2O3. The van der Waals surface area contributed by atoms with Gasteiger partial charge in [-0.1, -0.05) is 34.1 Å². The Hall–Kier alpha value is -2.34. The highest BCUT2D eigenvalue weighted by Crippen LogP contribution is 2.33. The first-order valence-corrected chi connectivity index (χ1v) is 8.02. The Morgan fingerprint density at radius 3 is 2.57 bits per heavy atom. The van der Waals surface area contributed by atoms with Gasteiger partial charge in [0.05, 0.1) is 5.69 Å². The summed E-state index contributed by atoms with van der Waals surface area (Å²) in [7, 11) is 0. The third-order valence-corrected chi connectivity index (χ3v) is 4.36. The van der Waals surface area contributed by atoms with Crippen LogP contribution in [0, 0.1) is 0 Å². The van der Waals surface area contributed by atoms with Crippen molar-refractivity contribution in [2.75, 3.05) is 4.90 Å². The number of hydrogen-bond acceptors (Lipinski definition) is 2. The fourth-order valence-electron chi connectivity index (χ4n) is 2.78. The van der Waals surface area contributed by atoms with Crippen molar-refractivity contribution < 1.29 is 14.7 Å². The van der Waals surface area contributed by atoms with Gasteiger partial charge in [-0.2, -0.15) is 0 Å². The summed E-state index contributed by atoms with van der Waals surface area (Å²) in [5, 5.41) is 11.3. The first kappa shape index (κ1) is 15.6. The number of para-hydroxylation sites is 1. The molecule has 1 atom stereocenters. The number of benzene rings is 2. The molecule has 2 aromatic carbocycles. The Balaban J connectivity index is 2.08. The number of aryl methyl sites for hydroxylation is 1. The van der Waals surface area contributed by atoms with E-state index in [4.69, 9.17) is 5.11 Å². The lowest BCUT2D eigenvalue weighted by molar-refractivity contribution is -0.119. The van der Waals surface area contributed by atoms with Crippen molar-refractivity contribution in [1.29, 1.82) is 0 Å². The van der Waals surface area contributed by atoms with Crippen LogP contribution in [0.25, 0.3) is 0 Å². The lowest BCUT2D eigenvalue weighted by Crippen LogP contribution is -2.46. The van der Waals surface area contributed by atoms with Crippen molar-refractivity contribution in [3.8, 4) is 0 Å². The molecule has 0 aromatic heterocycles. The van der Waals surface area contributed by atoms with E-state index in [0.717, 1.165) is 15.7 Å². The van der Waals surface area contributed by atoms with E-state index in [1.807, 2.05) is 48.5 Å². The van der Waals surface area contributed by atoms with Crippen LogP contribution in [-0.4, -0.2) is 23.1 Å². The summed E-state index contributed by atoms with van der Waals surface area (Å²) in [6.07, 6.45) is -0.111. The van der Waals surface area contributed by atoms with Crippen LogP contribution in [0.15, 0.2) is 53.0 Å². The quantitative estimate of drug-likeness (QED) is 0.841. The summed E-state index contributed by atoms with van der Waals surface area (Å²) in [5.74, 6) is -0.264. The van der Waals surface area contributed by atoms with Crippen molar-refractivity contribution in [3.05, 3.63) is 58.6 Å². The molecule has 0 spiro atoms. The second kappa shape index (κ2) is 6.42. The molecule has 1 aliphatic rings. The van der Waals surface area contributed by atoms with Gasteiger partial charge in [-0.3, -0.25) is 9.69 Å². The Morgan fingerprint density at radius 2 is 1.87 bits per heavy atom. The molecule has 0 radical (unpaired) electrons. The molecule has 2 amide bonds. The molecule has 0 saturated heterocycles. The molecule has 5 nitrogen and oxygen atoms in total. The zero-order valence-electron chi connectivity index (χ0n) is 12.2. The molecule has 118 valence electrons. The van der Waals surface area contributed by atoms with Crippen LogP contribution >= 0.6 is 15.9 Å². The van der Waals surface area contributed by atoms with Crippen LogP contribution in [0.3, 0.4) is 0 Å². The number of rotatable bonds is 2. The standard InChI is InChI=1S/C17H15BrN2O3/c18-12-6-8-13(9-7-12)20-15-4-2-1-3-11(15)5-10-14(16(20)21)19-17(22)23/h1-4,6-9,14,19H,5,10H2,(H,22,23). The molecule has 1 heterocycles. The molecule has 2 N–H and O–H groups in total. The summed E-state index contributed by atoms with van der Waals surface area (Å²) < 4.78 is 0.914. The Bertz CT molecular complexity index is 746. The largest absolute Gasteiger partial charge is 0.465 e. The number of amides is 2. The van der Waals surface area contributed by atoms with Gasteiger partial charge >= 0.3 is 6.09 Å². The zero-order valence-corrected chi connectivity index (χ0v) is 13.8. The van der Waals surface area contributed by atoms with E-state index in [1.165, 1.54) is 0 Å². The van der Waals surface area contributed by atoms with Crippen molar-refractivity contribution in [3.63, 3.8) is 0 Å². The molecule has 1 unspecified atom stereocenters. The number of hydrogen-bond donors (Lipinski definition) is 2. The number of nitrogens with zero attached hydrogens (tertiary/aromatic N) is 1. The minimum Gasteiger partial charge on any atom is -0.465 e. The highest BCUT2D eigenvalue weighted by Gasteiger charge is 2.32. The molecule has 23 heavy (non-hydrogen) atoms. The van der Waals surface area contributed by atoms with Crippen molar-refractivity contribution in [2.45, 2.75) is 18.9 Å². The smallest absolute Gasteiger partial charge is 0.405 e. The summed E-state index contributed by atoms with van der Waals surface area (Å²) in [5.41, 5.74) is 2.54.